The van der Waals surface area contributed by atoms with Gasteiger partial charge in [0.25, 0.3) is 5.91 Å². The largest absolute Gasteiger partial charge is 0.477 e. The lowest BCUT2D eigenvalue weighted by Gasteiger charge is -2.30. The minimum absolute atomic E-state index is 0.209. The van der Waals surface area contributed by atoms with Gasteiger partial charge in [0.1, 0.15) is 0 Å². The average Bonchev–Trinajstić information content (AvgIpc) is 3.68. The van der Waals surface area contributed by atoms with Crippen LogP contribution in [0.1, 0.15) is 61.0 Å². The molecule has 5 heterocycles. The van der Waals surface area contributed by atoms with Crippen LogP contribution in [0.2, 0.25) is 0 Å². The van der Waals surface area contributed by atoms with Gasteiger partial charge in [0.2, 0.25) is 11.8 Å². The predicted octanol–water partition coefficient (Wildman–Crippen LogP) is 5.58. The number of hydrogen-bond donors (Lipinski definition) is 2. The molecule has 2 fully saturated rings. The van der Waals surface area contributed by atoms with Crippen LogP contribution in [0.5, 0.6) is 5.88 Å². The standard InChI is InChI=1S/C33H40N8O2/c1-21-16-24-17-27(36-21)26-19-34-39(3)32(26)43-15-7-8-29(23-9-10-23)41-30-12-11-25(18-28(30)37-33(41)38-31(24)42)35-22(2)20-40-13-5-4-6-14-40/h11-12,16-19,23,29,35H,2,4-10,13-15,20H2,1,3H3,(H,37,38,42). The molecular weight excluding hydrogens is 540 g/mol. The summed E-state index contributed by atoms with van der Waals surface area (Å²) in [5.74, 6) is 1.48. The van der Waals surface area contributed by atoms with Crippen molar-refractivity contribution in [3.8, 4) is 17.1 Å². The first-order valence-electron chi connectivity index (χ1n) is 15.6. The molecule has 7 rings (SSSR count). The van der Waals surface area contributed by atoms with Gasteiger partial charge in [-0.1, -0.05) is 13.0 Å². The maximum atomic E-state index is 13.7. The molecule has 43 heavy (non-hydrogen) atoms. The van der Waals surface area contributed by atoms with Gasteiger partial charge in [0.05, 0.1) is 35.4 Å². The molecular formula is C33H40N8O2. The van der Waals surface area contributed by atoms with E-state index in [4.69, 9.17) is 14.7 Å². The monoisotopic (exact) mass is 580 g/mol. The first-order valence-corrected chi connectivity index (χ1v) is 15.6. The van der Waals surface area contributed by atoms with E-state index in [-0.39, 0.29) is 11.9 Å². The Morgan fingerprint density at radius 2 is 1.95 bits per heavy atom. The van der Waals surface area contributed by atoms with Crippen LogP contribution >= 0.6 is 0 Å². The number of guanidine groups is 1. The number of ether oxygens (including phenoxy) is 1. The fourth-order valence-electron chi connectivity index (χ4n) is 6.65. The van der Waals surface area contributed by atoms with E-state index in [9.17, 15) is 4.79 Å². The summed E-state index contributed by atoms with van der Waals surface area (Å²) in [7, 11) is 1.87. The molecule has 2 bridgehead atoms. The molecule has 3 aromatic rings. The Morgan fingerprint density at radius 1 is 1.12 bits per heavy atom. The molecule has 1 atom stereocenters. The van der Waals surface area contributed by atoms with Crippen LogP contribution in [0.15, 0.2) is 53.8 Å². The summed E-state index contributed by atoms with van der Waals surface area (Å²) in [4.78, 5) is 27.9. The fourth-order valence-corrected chi connectivity index (χ4v) is 6.65. The normalized spacial score (nSPS) is 21.8. The summed E-state index contributed by atoms with van der Waals surface area (Å²) in [6, 6.07) is 10.1. The minimum atomic E-state index is -0.307. The number of hydrogen-bond acceptors (Lipinski definition) is 8. The van der Waals surface area contributed by atoms with Crippen molar-refractivity contribution in [3.05, 3.63) is 60.1 Å². The van der Waals surface area contributed by atoms with Gasteiger partial charge < -0.3 is 20.3 Å². The Kier molecular flexibility index (Phi) is 7.38. The van der Waals surface area contributed by atoms with Gasteiger partial charge >= 0.3 is 0 Å². The maximum Gasteiger partial charge on any atom is 0.280 e. The van der Waals surface area contributed by atoms with Crippen molar-refractivity contribution in [1.29, 1.82) is 0 Å². The second-order valence-electron chi connectivity index (χ2n) is 12.3. The fraction of sp³-hybridized carbons (Fsp3) is 0.455. The molecule has 2 aromatic heterocycles. The maximum absolute atomic E-state index is 13.7. The SMILES string of the molecule is C=C(CN1CCCCC1)Nc1ccc2c(c1)N/C1=N\C(=O)c3cc(C)nc(c3)-c3cnn(C)c3OCCCC(C3CC3)N12. The number of nitrogens with zero attached hydrogens (tertiary/aromatic N) is 6. The lowest BCUT2D eigenvalue weighted by atomic mass is 10.0. The molecule has 224 valence electrons. The van der Waals surface area contributed by atoms with Crippen LogP contribution in [-0.4, -0.2) is 63.8 Å². The number of aryl methyl sites for hydroxylation is 2. The van der Waals surface area contributed by atoms with E-state index >= 15 is 0 Å². The van der Waals surface area contributed by atoms with Crippen molar-refractivity contribution < 1.29 is 9.53 Å². The van der Waals surface area contributed by atoms with Gasteiger partial charge in [0.15, 0.2) is 0 Å². The third-order valence-electron chi connectivity index (χ3n) is 8.86. The highest BCUT2D eigenvalue weighted by Crippen LogP contribution is 2.44. The number of piperidine rings is 1. The zero-order chi connectivity index (χ0) is 29.5. The van der Waals surface area contributed by atoms with Gasteiger partial charge in [-0.05, 0) is 94.8 Å². The van der Waals surface area contributed by atoms with E-state index in [1.54, 1.807) is 23.0 Å². The topological polar surface area (TPSA) is 99.9 Å². The Bertz CT molecular complexity index is 1580. The molecule has 2 N–H and O–H groups in total. The number of benzene rings is 1. The number of carbonyl (C=O) groups excluding carboxylic acids is 1. The number of carbonyl (C=O) groups is 1. The number of aliphatic imine (C=N–C) groups is 1. The number of nitrogens with one attached hydrogen (secondary N) is 2. The number of anilines is 3. The molecule has 4 aliphatic rings. The number of pyridine rings is 1. The number of fused-ring (bicyclic) bond motifs is 7. The highest BCUT2D eigenvalue weighted by Gasteiger charge is 2.41. The summed E-state index contributed by atoms with van der Waals surface area (Å²) >= 11 is 0. The van der Waals surface area contributed by atoms with Crippen molar-refractivity contribution in [2.45, 2.75) is 57.9 Å². The summed E-state index contributed by atoms with van der Waals surface area (Å²) < 4.78 is 8.03. The molecule has 3 aliphatic heterocycles. The van der Waals surface area contributed by atoms with Crippen molar-refractivity contribution in [1.82, 2.24) is 19.7 Å². The van der Waals surface area contributed by atoms with E-state index in [0.717, 1.165) is 66.5 Å². The minimum Gasteiger partial charge on any atom is -0.477 e. The van der Waals surface area contributed by atoms with Gasteiger partial charge in [-0.25, -0.2) is 4.68 Å². The van der Waals surface area contributed by atoms with Crippen molar-refractivity contribution in [2.24, 2.45) is 18.0 Å². The molecule has 1 saturated carbocycles. The van der Waals surface area contributed by atoms with Crippen LogP contribution in [-0.2, 0) is 7.05 Å². The van der Waals surface area contributed by atoms with Crippen molar-refractivity contribution >= 4 is 28.9 Å². The highest BCUT2D eigenvalue weighted by molar-refractivity contribution is 6.19. The zero-order valence-corrected chi connectivity index (χ0v) is 25.1. The highest BCUT2D eigenvalue weighted by atomic mass is 16.5. The van der Waals surface area contributed by atoms with Crippen LogP contribution in [0, 0.1) is 12.8 Å². The summed E-state index contributed by atoms with van der Waals surface area (Å²) in [6.07, 6.45) is 9.71. The van der Waals surface area contributed by atoms with E-state index < -0.39 is 0 Å². The number of rotatable bonds is 5. The van der Waals surface area contributed by atoms with E-state index in [1.165, 1.54) is 32.1 Å². The second-order valence-corrected chi connectivity index (χ2v) is 12.3. The van der Waals surface area contributed by atoms with Crippen molar-refractivity contribution in [2.75, 3.05) is 41.8 Å². The van der Waals surface area contributed by atoms with Crippen LogP contribution < -0.4 is 20.3 Å². The average molecular weight is 581 g/mol. The third-order valence-corrected chi connectivity index (χ3v) is 8.86. The molecule has 10 nitrogen and oxygen atoms in total. The molecule has 0 radical (unpaired) electrons. The van der Waals surface area contributed by atoms with Crippen LogP contribution in [0.3, 0.4) is 0 Å². The van der Waals surface area contributed by atoms with Gasteiger partial charge in [-0.15, -0.1) is 0 Å². The van der Waals surface area contributed by atoms with Crippen molar-refractivity contribution in [3.63, 3.8) is 0 Å². The molecule has 1 saturated heterocycles. The zero-order valence-electron chi connectivity index (χ0n) is 25.1. The first-order chi connectivity index (χ1) is 20.9. The smallest absolute Gasteiger partial charge is 0.280 e. The summed E-state index contributed by atoms with van der Waals surface area (Å²) in [5, 5.41) is 11.4. The number of amides is 1. The van der Waals surface area contributed by atoms with Crippen LogP contribution in [0.25, 0.3) is 11.3 Å². The first kappa shape index (κ1) is 27.6. The van der Waals surface area contributed by atoms with Gasteiger partial charge in [0, 0.05) is 42.3 Å². The Morgan fingerprint density at radius 3 is 2.77 bits per heavy atom. The Balaban J connectivity index is 1.21. The Labute approximate surface area is 252 Å². The summed E-state index contributed by atoms with van der Waals surface area (Å²) in [6.45, 7) is 9.86. The molecule has 1 aliphatic carbocycles. The molecule has 10 heteroatoms. The number of likely N-dealkylation sites (tertiary alicyclic amines) is 1. The lowest BCUT2D eigenvalue weighted by molar-refractivity contribution is 0.100. The lowest BCUT2D eigenvalue weighted by Crippen LogP contribution is -2.42. The molecule has 1 unspecified atom stereocenters. The van der Waals surface area contributed by atoms with Crippen LogP contribution in [0.4, 0.5) is 17.1 Å². The summed E-state index contributed by atoms with van der Waals surface area (Å²) in [5.41, 5.74) is 6.60. The number of aromatic nitrogens is 3. The molecule has 1 aromatic carbocycles. The molecule has 1 amide bonds. The van der Waals surface area contributed by atoms with Gasteiger partial charge in [-0.3, -0.25) is 14.7 Å². The van der Waals surface area contributed by atoms with E-state index in [2.05, 4.69) is 50.3 Å². The quantitative estimate of drug-likeness (QED) is 0.404. The van der Waals surface area contributed by atoms with E-state index in [0.29, 0.717) is 35.6 Å². The third kappa shape index (κ3) is 5.76. The molecule has 0 spiro atoms. The Hall–Kier alpha value is -4.18. The van der Waals surface area contributed by atoms with E-state index in [1.807, 2.05) is 14.0 Å². The van der Waals surface area contributed by atoms with Gasteiger partial charge in [-0.2, -0.15) is 10.1 Å². The second kappa shape index (κ2) is 11.5. The predicted molar refractivity (Wildman–Crippen MR) is 170 cm³/mol.